The van der Waals surface area contributed by atoms with E-state index in [9.17, 15) is 14.7 Å². The first kappa shape index (κ1) is 19.8. The topological polar surface area (TPSA) is 103 Å². The van der Waals surface area contributed by atoms with Crippen LogP contribution in [0.15, 0.2) is 52.2 Å². The number of aromatic amines is 1. The molecule has 142 valence electrons. The normalized spacial score (nSPS) is 15.8. The average molecular weight is 368 g/mol. The van der Waals surface area contributed by atoms with E-state index in [0.717, 1.165) is 19.2 Å². The van der Waals surface area contributed by atoms with Gasteiger partial charge in [-0.3, -0.25) is 14.3 Å². The predicted molar refractivity (Wildman–Crippen MR) is 90.8 cm³/mol. The second kappa shape index (κ2) is 8.75. The lowest BCUT2D eigenvalue weighted by atomic mass is 10.0. The van der Waals surface area contributed by atoms with E-state index in [0.29, 0.717) is 10.3 Å². The molecule has 0 saturated heterocycles. The quantitative estimate of drug-likeness (QED) is 0.497. The van der Waals surface area contributed by atoms with Crippen molar-refractivity contribution in [3.63, 3.8) is 0 Å². The van der Waals surface area contributed by atoms with Crippen molar-refractivity contribution in [2.45, 2.75) is 24.9 Å². The number of rotatable bonds is 9. The Hall–Kier alpha value is -2.49. The van der Waals surface area contributed by atoms with Crippen LogP contribution >= 0.6 is 0 Å². The molecule has 0 aliphatic rings. The number of nitrogens with one attached hydrogen (secondary N) is 1. The summed E-state index contributed by atoms with van der Waals surface area (Å²) in [7, 11) is 1.28. The molecule has 2 aromatic rings. The number of ether oxygens (including phenoxy) is 3. The van der Waals surface area contributed by atoms with Crippen LogP contribution in [-0.4, -0.2) is 47.4 Å². The number of hydrogen-bond acceptors (Lipinski definition) is 6. The predicted octanol–water partition coefficient (Wildman–Crippen LogP) is 0.608. The maximum atomic E-state index is 15.0. The molecule has 3 atom stereocenters. The van der Waals surface area contributed by atoms with Crippen molar-refractivity contribution in [2.75, 3.05) is 20.5 Å². The number of aliphatic hydroxyl groups excluding tert-OH is 1. The molecule has 8 nitrogen and oxygen atoms in total. The van der Waals surface area contributed by atoms with E-state index in [4.69, 9.17) is 14.2 Å². The number of para-hydroxylation sites is 1. The van der Waals surface area contributed by atoms with Gasteiger partial charge in [0.25, 0.3) is 5.56 Å². The number of aromatic nitrogens is 2. The summed E-state index contributed by atoms with van der Waals surface area (Å²) in [4.78, 5) is 24.8. The fourth-order valence-electron chi connectivity index (χ4n) is 2.32. The number of hydrogen-bond donors (Lipinski definition) is 2. The Bertz CT molecular complexity index is 805. The Morgan fingerprint density at radius 1 is 1.27 bits per heavy atom. The van der Waals surface area contributed by atoms with Crippen LogP contribution in [0.3, 0.4) is 0 Å². The zero-order chi connectivity index (χ0) is 19.2. The number of nitrogens with zero attached hydrogens (tertiary/aromatic N) is 1. The fraction of sp³-hybridized carbons (Fsp3) is 0.412. The molecule has 26 heavy (non-hydrogen) atoms. The Kier molecular flexibility index (Phi) is 6.67. The van der Waals surface area contributed by atoms with Gasteiger partial charge < -0.3 is 19.3 Å². The number of aliphatic hydroxyl groups is 1. The van der Waals surface area contributed by atoms with Crippen molar-refractivity contribution < 1.29 is 23.7 Å². The second-order valence-corrected chi connectivity index (χ2v) is 5.67. The van der Waals surface area contributed by atoms with Crippen LogP contribution in [0, 0.1) is 0 Å². The molecule has 2 N–H and O–H groups in total. The van der Waals surface area contributed by atoms with E-state index in [-0.39, 0.29) is 13.4 Å². The molecule has 0 radical (unpaired) electrons. The van der Waals surface area contributed by atoms with Gasteiger partial charge in [0.2, 0.25) is 5.79 Å². The Balaban J connectivity index is 1.98. The second-order valence-electron chi connectivity index (χ2n) is 5.67. The molecule has 1 aromatic carbocycles. The van der Waals surface area contributed by atoms with E-state index in [1.165, 1.54) is 7.11 Å². The molecule has 1 aromatic heterocycles. The molecule has 1 unspecified atom stereocenters. The van der Waals surface area contributed by atoms with E-state index in [2.05, 4.69) is 0 Å². The number of halogens is 1. The molecular weight excluding hydrogens is 347 g/mol. The average Bonchev–Trinajstić information content (AvgIpc) is 2.62. The first-order chi connectivity index (χ1) is 12.4. The van der Waals surface area contributed by atoms with Gasteiger partial charge >= 0.3 is 5.69 Å². The van der Waals surface area contributed by atoms with Crippen LogP contribution in [0.25, 0.3) is 0 Å². The number of methoxy groups -OCH3 is 1. The van der Waals surface area contributed by atoms with E-state index in [1.807, 2.05) is 11.1 Å². The molecular formula is C17H21FN2O6. The van der Waals surface area contributed by atoms with Gasteiger partial charge in [0, 0.05) is 19.4 Å². The van der Waals surface area contributed by atoms with Gasteiger partial charge in [-0.15, -0.1) is 0 Å². The maximum Gasteiger partial charge on any atom is 0.330 e. The highest BCUT2D eigenvalue weighted by Crippen LogP contribution is 2.24. The zero-order valence-corrected chi connectivity index (χ0v) is 14.4. The highest BCUT2D eigenvalue weighted by Gasteiger charge is 2.41. The zero-order valence-electron chi connectivity index (χ0n) is 14.4. The van der Waals surface area contributed by atoms with Gasteiger partial charge in [-0.2, -0.15) is 0 Å². The van der Waals surface area contributed by atoms with Crippen LogP contribution in [-0.2, 0) is 15.3 Å². The third kappa shape index (κ3) is 4.78. The van der Waals surface area contributed by atoms with E-state index < -0.39 is 29.2 Å². The van der Waals surface area contributed by atoms with E-state index >= 15 is 4.39 Å². The monoisotopic (exact) mass is 368 g/mol. The summed E-state index contributed by atoms with van der Waals surface area (Å²) < 4.78 is 31.3. The summed E-state index contributed by atoms with van der Waals surface area (Å²) in [5.74, 6) is -1.94. The molecule has 0 bridgehead atoms. The Labute approximate surface area is 148 Å². The van der Waals surface area contributed by atoms with Crippen molar-refractivity contribution >= 4 is 0 Å². The van der Waals surface area contributed by atoms with Crippen LogP contribution < -0.4 is 16.0 Å². The Morgan fingerprint density at radius 3 is 2.58 bits per heavy atom. The van der Waals surface area contributed by atoms with Crippen molar-refractivity contribution in [3.8, 4) is 5.75 Å². The third-order valence-electron chi connectivity index (χ3n) is 3.82. The third-order valence-corrected chi connectivity index (χ3v) is 3.82. The van der Waals surface area contributed by atoms with E-state index in [1.54, 1.807) is 24.3 Å². The lowest BCUT2D eigenvalue weighted by Gasteiger charge is -2.32. The summed E-state index contributed by atoms with van der Waals surface area (Å²) in [5, 5.41) is 10.3. The molecule has 0 fully saturated rings. The van der Waals surface area contributed by atoms with Crippen LogP contribution in [0.1, 0.15) is 6.92 Å². The standard InChI is InChI=1S/C17H21FN2O6/c1-17(18,20-9-8-14(21)19-16(20)23)15(22)13(24-2)10-25-11-26-12-6-4-3-5-7-12/h3-9,13,15,22H,10-11H2,1-2H3,(H,19,21,23)/t13?,15-,17+/m1/s1. The number of alkyl halides is 1. The number of benzene rings is 1. The van der Waals surface area contributed by atoms with Gasteiger partial charge in [0.05, 0.1) is 6.61 Å². The minimum Gasteiger partial charge on any atom is -0.468 e. The molecule has 0 aliphatic heterocycles. The molecule has 0 spiro atoms. The van der Waals surface area contributed by atoms with Crippen molar-refractivity contribution in [2.24, 2.45) is 0 Å². The highest BCUT2D eigenvalue weighted by molar-refractivity contribution is 5.20. The lowest BCUT2D eigenvalue weighted by molar-refractivity contribution is -0.152. The van der Waals surface area contributed by atoms with Crippen molar-refractivity contribution in [1.82, 2.24) is 9.55 Å². The highest BCUT2D eigenvalue weighted by atomic mass is 19.1. The van der Waals surface area contributed by atoms with Gasteiger partial charge in [-0.05, 0) is 19.1 Å². The minimum atomic E-state index is -2.54. The van der Waals surface area contributed by atoms with Crippen LogP contribution in [0.4, 0.5) is 4.39 Å². The largest absolute Gasteiger partial charge is 0.468 e. The van der Waals surface area contributed by atoms with Gasteiger partial charge in [-0.1, -0.05) is 18.2 Å². The summed E-state index contributed by atoms with van der Waals surface area (Å²) >= 11 is 0. The maximum absolute atomic E-state index is 15.0. The molecule has 2 rings (SSSR count). The minimum absolute atomic E-state index is 0.127. The van der Waals surface area contributed by atoms with Gasteiger partial charge in [0.1, 0.15) is 18.0 Å². The molecule has 9 heteroatoms. The first-order valence-corrected chi connectivity index (χ1v) is 7.84. The lowest BCUT2D eigenvalue weighted by Crippen LogP contribution is -2.52. The molecule has 0 saturated carbocycles. The first-order valence-electron chi connectivity index (χ1n) is 7.84. The molecule has 0 aliphatic carbocycles. The fourth-order valence-corrected chi connectivity index (χ4v) is 2.32. The van der Waals surface area contributed by atoms with Crippen LogP contribution in [0.2, 0.25) is 0 Å². The van der Waals surface area contributed by atoms with Crippen molar-refractivity contribution in [3.05, 3.63) is 63.4 Å². The van der Waals surface area contributed by atoms with Gasteiger partial charge in [-0.25, -0.2) is 9.18 Å². The smallest absolute Gasteiger partial charge is 0.330 e. The Morgan fingerprint density at radius 2 is 1.96 bits per heavy atom. The van der Waals surface area contributed by atoms with Crippen molar-refractivity contribution in [1.29, 1.82) is 0 Å². The SMILES string of the molecule is COC(COCOc1ccccc1)[C@@H](O)[C@@](C)(F)n1ccc(=O)[nH]c1=O. The summed E-state index contributed by atoms with van der Waals surface area (Å²) in [6.07, 6.45) is -1.85. The van der Waals surface area contributed by atoms with Crippen LogP contribution in [0.5, 0.6) is 5.75 Å². The van der Waals surface area contributed by atoms with Gasteiger partial charge in [0.15, 0.2) is 6.79 Å². The summed E-state index contributed by atoms with van der Waals surface area (Å²) in [6, 6.07) is 9.91. The number of H-pyrrole nitrogens is 1. The molecule has 0 amide bonds. The summed E-state index contributed by atoms with van der Waals surface area (Å²) in [5.41, 5.74) is -1.65. The summed E-state index contributed by atoms with van der Waals surface area (Å²) in [6.45, 7) is 0.699. The molecule has 1 heterocycles.